The average Bonchev–Trinajstić information content (AvgIpc) is 2.40. The molecule has 0 aromatic heterocycles. The third-order valence-electron chi connectivity index (χ3n) is 3.40. The second kappa shape index (κ2) is 6.81. The quantitative estimate of drug-likeness (QED) is 0.870. The second-order valence-corrected chi connectivity index (χ2v) is 7.60. The highest BCUT2D eigenvalue weighted by Gasteiger charge is 2.27. The van der Waals surface area contributed by atoms with E-state index in [2.05, 4.69) is 4.72 Å². The Morgan fingerprint density at radius 2 is 2.14 bits per heavy atom. The van der Waals surface area contributed by atoms with Gasteiger partial charge in [0.05, 0.1) is 11.1 Å². The van der Waals surface area contributed by atoms with Crippen LogP contribution in [0.1, 0.15) is 25.3 Å². The average molecular weight is 353 g/mol. The van der Waals surface area contributed by atoms with Gasteiger partial charge in [0.1, 0.15) is 4.90 Å². The lowest BCUT2D eigenvalue weighted by atomic mass is 10.1. The van der Waals surface area contributed by atoms with Crippen LogP contribution in [-0.2, 0) is 21.3 Å². The molecule has 0 saturated carbocycles. The first-order chi connectivity index (χ1) is 9.83. The van der Waals surface area contributed by atoms with Gasteiger partial charge in [0.15, 0.2) is 0 Å². The summed E-state index contributed by atoms with van der Waals surface area (Å²) >= 11 is 12.1. The lowest BCUT2D eigenvalue weighted by Crippen LogP contribution is -2.41. The van der Waals surface area contributed by atoms with Gasteiger partial charge < -0.3 is 10.5 Å². The molecule has 1 aromatic rings. The van der Waals surface area contributed by atoms with E-state index in [1.807, 2.05) is 6.92 Å². The minimum absolute atomic E-state index is 0.0286. The van der Waals surface area contributed by atoms with Crippen molar-refractivity contribution in [2.45, 2.75) is 43.4 Å². The van der Waals surface area contributed by atoms with Gasteiger partial charge in [-0.15, -0.1) is 0 Å². The van der Waals surface area contributed by atoms with Gasteiger partial charge in [0.25, 0.3) is 0 Å². The minimum Gasteiger partial charge on any atom is -0.378 e. The Morgan fingerprint density at radius 1 is 1.43 bits per heavy atom. The third kappa shape index (κ3) is 4.09. The Kier molecular flexibility index (Phi) is 5.51. The number of nitrogens with one attached hydrogen (secondary N) is 1. The number of ether oxygens (including phenoxy) is 1. The van der Waals surface area contributed by atoms with Gasteiger partial charge in [-0.2, -0.15) is 0 Å². The molecule has 1 aliphatic heterocycles. The molecule has 1 aliphatic rings. The first-order valence-corrected chi connectivity index (χ1v) is 8.89. The predicted octanol–water partition coefficient (Wildman–Crippen LogP) is 2.30. The van der Waals surface area contributed by atoms with Crippen LogP contribution in [0.4, 0.5) is 0 Å². The molecule has 1 heterocycles. The van der Waals surface area contributed by atoms with Crippen LogP contribution in [0.25, 0.3) is 0 Å². The molecule has 8 heteroatoms. The molecule has 0 spiro atoms. The fraction of sp³-hybridized carbons (Fsp3) is 0.538. The third-order valence-corrected chi connectivity index (χ3v) is 5.72. The van der Waals surface area contributed by atoms with Gasteiger partial charge in [-0.25, -0.2) is 13.1 Å². The van der Waals surface area contributed by atoms with Crippen molar-refractivity contribution in [1.82, 2.24) is 4.72 Å². The van der Waals surface area contributed by atoms with Crippen molar-refractivity contribution < 1.29 is 13.2 Å². The molecule has 0 bridgehead atoms. The number of hydrogen-bond acceptors (Lipinski definition) is 4. The Hall–Kier alpha value is -0.370. The normalized spacial score (nSPS) is 23.2. The fourth-order valence-corrected chi connectivity index (χ4v) is 4.58. The van der Waals surface area contributed by atoms with Gasteiger partial charge in [-0.1, -0.05) is 23.2 Å². The van der Waals surface area contributed by atoms with E-state index in [9.17, 15) is 8.42 Å². The largest absolute Gasteiger partial charge is 0.378 e. The molecular formula is C13H18Cl2N2O3S. The maximum Gasteiger partial charge on any atom is 0.242 e. The van der Waals surface area contributed by atoms with Crippen LogP contribution in [0.5, 0.6) is 0 Å². The summed E-state index contributed by atoms with van der Waals surface area (Å²) < 4.78 is 33.1. The van der Waals surface area contributed by atoms with Crippen molar-refractivity contribution in [3.8, 4) is 0 Å². The molecule has 3 N–H and O–H groups in total. The van der Waals surface area contributed by atoms with Gasteiger partial charge in [0, 0.05) is 24.2 Å². The summed E-state index contributed by atoms with van der Waals surface area (Å²) in [4.78, 5) is -0.0312. The Labute approximate surface area is 134 Å². The summed E-state index contributed by atoms with van der Waals surface area (Å²) in [6.07, 6.45) is 1.29. The standard InChI is InChI=1S/C13H18Cl2N2O3S/c1-8-4-11(2-3-20-8)17-21(18,19)12-6-10(14)5-9(7-16)13(12)15/h5-6,8,11,17H,2-4,7,16H2,1H3. The van der Waals surface area contributed by atoms with Crippen molar-refractivity contribution in [3.63, 3.8) is 0 Å². The Bertz CT molecular complexity index is 622. The molecule has 2 unspecified atom stereocenters. The van der Waals surface area contributed by atoms with Crippen LogP contribution in [0.2, 0.25) is 10.0 Å². The van der Waals surface area contributed by atoms with Crippen LogP contribution in [-0.4, -0.2) is 27.2 Å². The molecule has 118 valence electrons. The molecule has 21 heavy (non-hydrogen) atoms. The Balaban J connectivity index is 2.29. The molecule has 2 rings (SSSR count). The monoisotopic (exact) mass is 352 g/mol. The van der Waals surface area contributed by atoms with E-state index < -0.39 is 10.0 Å². The van der Waals surface area contributed by atoms with Crippen molar-refractivity contribution in [3.05, 3.63) is 27.7 Å². The van der Waals surface area contributed by atoms with Crippen molar-refractivity contribution in [2.24, 2.45) is 5.73 Å². The van der Waals surface area contributed by atoms with Crippen LogP contribution in [0, 0.1) is 0 Å². The first kappa shape index (κ1) is 17.0. The second-order valence-electron chi connectivity index (χ2n) is 5.11. The van der Waals surface area contributed by atoms with Gasteiger partial charge in [0.2, 0.25) is 10.0 Å². The lowest BCUT2D eigenvalue weighted by molar-refractivity contribution is 0.0173. The Morgan fingerprint density at radius 3 is 2.76 bits per heavy atom. The van der Waals surface area contributed by atoms with E-state index in [4.69, 9.17) is 33.7 Å². The minimum atomic E-state index is -3.75. The van der Waals surface area contributed by atoms with Crippen LogP contribution in [0.3, 0.4) is 0 Å². The SMILES string of the molecule is CC1CC(NS(=O)(=O)c2cc(Cl)cc(CN)c2Cl)CCO1. The van der Waals surface area contributed by atoms with Crippen molar-refractivity contribution in [1.29, 1.82) is 0 Å². The number of rotatable bonds is 4. The van der Waals surface area contributed by atoms with E-state index >= 15 is 0 Å². The van der Waals surface area contributed by atoms with Crippen LogP contribution >= 0.6 is 23.2 Å². The highest BCUT2D eigenvalue weighted by Crippen LogP contribution is 2.30. The molecule has 0 amide bonds. The van der Waals surface area contributed by atoms with E-state index in [1.54, 1.807) is 6.07 Å². The zero-order valence-corrected chi connectivity index (χ0v) is 13.9. The maximum atomic E-state index is 12.5. The van der Waals surface area contributed by atoms with E-state index in [0.29, 0.717) is 30.0 Å². The maximum absolute atomic E-state index is 12.5. The molecule has 1 fully saturated rings. The summed E-state index contributed by atoms with van der Waals surface area (Å²) in [6.45, 7) is 2.57. The lowest BCUT2D eigenvalue weighted by Gasteiger charge is -2.28. The molecule has 2 atom stereocenters. The predicted molar refractivity (Wildman–Crippen MR) is 83.1 cm³/mol. The van der Waals surface area contributed by atoms with E-state index in [0.717, 1.165) is 0 Å². The number of sulfonamides is 1. The first-order valence-electron chi connectivity index (χ1n) is 6.65. The number of benzene rings is 1. The highest BCUT2D eigenvalue weighted by molar-refractivity contribution is 7.89. The van der Waals surface area contributed by atoms with Crippen molar-refractivity contribution >= 4 is 33.2 Å². The van der Waals surface area contributed by atoms with Crippen LogP contribution in [0.15, 0.2) is 17.0 Å². The van der Waals surface area contributed by atoms with Gasteiger partial charge in [-0.05, 0) is 37.5 Å². The highest BCUT2D eigenvalue weighted by atomic mass is 35.5. The summed E-state index contributed by atoms with van der Waals surface area (Å²) in [6, 6.07) is 2.74. The molecular weight excluding hydrogens is 335 g/mol. The van der Waals surface area contributed by atoms with Gasteiger partial charge in [-0.3, -0.25) is 0 Å². The molecule has 0 radical (unpaired) electrons. The van der Waals surface area contributed by atoms with E-state index in [1.165, 1.54) is 6.07 Å². The number of hydrogen-bond donors (Lipinski definition) is 2. The summed E-state index contributed by atoms with van der Waals surface area (Å²) in [5.74, 6) is 0. The zero-order chi connectivity index (χ0) is 15.6. The molecule has 0 aliphatic carbocycles. The molecule has 1 aromatic carbocycles. The summed E-state index contributed by atoms with van der Waals surface area (Å²) in [5, 5.41) is 0.412. The smallest absolute Gasteiger partial charge is 0.242 e. The summed E-state index contributed by atoms with van der Waals surface area (Å²) in [7, 11) is -3.75. The van der Waals surface area contributed by atoms with E-state index in [-0.39, 0.29) is 28.6 Å². The fourth-order valence-electron chi connectivity index (χ4n) is 2.35. The zero-order valence-electron chi connectivity index (χ0n) is 11.6. The van der Waals surface area contributed by atoms with Crippen LogP contribution < -0.4 is 10.5 Å². The topological polar surface area (TPSA) is 81.4 Å². The number of nitrogens with two attached hydrogens (primary N) is 1. The summed E-state index contributed by atoms with van der Waals surface area (Å²) in [5.41, 5.74) is 6.06. The molecule has 1 saturated heterocycles. The molecule has 5 nitrogen and oxygen atoms in total. The van der Waals surface area contributed by atoms with Gasteiger partial charge >= 0.3 is 0 Å². The number of halogens is 2. The van der Waals surface area contributed by atoms with Crippen molar-refractivity contribution in [2.75, 3.05) is 6.61 Å².